The van der Waals surface area contributed by atoms with Crippen molar-refractivity contribution >= 4 is 44.0 Å². The number of hydrogen-bond donors (Lipinski definition) is 0. The van der Waals surface area contributed by atoms with Crippen molar-refractivity contribution in [2.45, 2.75) is 13.8 Å². The molecule has 3 aromatic carbocycles. The third-order valence-corrected chi connectivity index (χ3v) is 6.64. The molecule has 4 nitrogen and oxygen atoms in total. The molecular weight excluding hydrogens is 416 g/mol. The highest BCUT2D eigenvalue weighted by Crippen LogP contribution is 2.37. The highest BCUT2D eigenvalue weighted by Gasteiger charge is 2.20. The first-order valence-corrected chi connectivity index (χ1v) is 11.5. The third kappa shape index (κ3) is 2.66. The first-order chi connectivity index (χ1) is 16.7. The lowest BCUT2D eigenvalue weighted by Gasteiger charge is -2.10. The first-order valence-electron chi connectivity index (χ1n) is 11.5. The molecule has 7 aromatic rings. The van der Waals surface area contributed by atoms with Gasteiger partial charge in [-0.1, -0.05) is 42.5 Å². The van der Waals surface area contributed by atoms with Crippen molar-refractivity contribution in [3.8, 4) is 11.4 Å². The Morgan fingerprint density at radius 2 is 1.18 bits per heavy atom. The molecule has 4 heteroatoms. The van der Waals surface area contributed by atoms with E-state index < -0.39 is 0 Å². The standard InChI is InChI=1S/C30H22N4/c1-19-8-5-10-21(16-19)33-24-13-4-3-12-23(24)28-26(33)18-27-30(32-28)29-25(14-7-15-31-29)34(27)22-11-6-9-20(2)17-22/h3-18H,1-2H3. The summed E-state index contributed by atoms with van der Waals surface area (Å²) in [6.07, 6.45) is 1.85. The zero-order chi connectivity index (χ0) is 22.8. The van der Waals surface area contributed by atoms with Gasteiger partial charge in [-0.2, -0.15) is 0 Å². The molecule has 0 N–H and O–H groups in total. The smallest absolute Gasteiger partial charge is 0.116 e. The summed E-state index contributed by atoms with van der Waals surface area (Å²) in [5.41, 5.74) is 11.9. The van der Waals surface area contributed by atoms with Crippen molar-refractivity contribution in [2.75, 3.05) is 0 Å². The van der Waals surface area contributed by atoms with Gasteiger partial charge < -0.3 is 9.13 Å². The summed E-state index contributed by atoms with van der Waals surface area (Å²) in [5.74, 6) is 0. The summed E-state index contributed by atoms with van der Waals surface area (Å²) < 4.78 is 4.62. The van der Waals surface area contributed by atoms with Gasteiger partial charge in [0.1, 0.15) is 11.0 Å². The average Bonchev–Trinajstić information content (AvgIpc) is 3.35. The van der Waals surface area contributed by atoms with Crippen LogP contribution in [0.4, 0.5) is 0 Å². The molecular formula is C30H22N4. The molecule has 0 amide bonds. The van der Waals surface area contributed by atoms with Crippen LogP contribution in [0.25, 0.3) is 55.4 Å². The molecule has 162 valence electrons. The van der Waals surface area contributed by atoms with E-state index in [-0.39, 0.29) is 0 Å². The van der Waals surface area contributed by atoms with E-state index in [1.807, 2.05) is 12.3 Å². The molecule has 0 saturated heterocycles. The van der Waals surface area contributed by atoms with Crippen molar-refractivity contribution in [3.63, 3.8) is 0 Å². The van der Waals surface area contributed by atoms with Gasteiger partial charge in [0.2, 0.25) is 0 Å². The van der Waals surface area contributed by atoms with Crippen LogP contribution < -0.4 is 0 Å². The van der Waals surface area contributed by atoms with E-state index in [1.54, 1.807) is 0 Å². The predicted octanol–water partition coefficient (Wildman–Crippen LogP) is 7.29. The lowest BCUT2D eigenvalue weighted by atomic mass is 10.2. The van der Waals surface area contributed by atoms with Gasteiger partial charge in [0, 0.05) is 23.0 Å². The number of fused-ring (bicyclic) bond motifs is 6. The summed E-state index contributed by atoms with van der Waals surface area (Å²) >= 11 is 0. The summed E-state index contributed by atoms with van der Waals surface area (Å²) in [4.78, 5) is 10.0. The Morgan fingerprint density at radius 1 is 0.529 bits per heavy atom. The molecule has 34 heavy (non-hydrogen) atoms. The van der Waals surface area contributed by atoms with Crippen LogP contribution in [0, 0.1) is 13.8 Å². The van der Waals surface area contributed by atoms with Crippen LogP contribution in [0.2, 0.25) is 0 Å². The molecule has 0 fully saturated rings. The van der Waals surface area contributed by atoms with Gasteiger partial charge in [0.05, 0.1) is 27.6 Å². The van der Waals surface area contributed by atoms with Crippen molar-refractivity contribution in [1.82, 2.24) is 19.1 Å². The molecule has 0 atom stereocenters. The van der Waals surface area contributed by atoms with Crippen molar-refractivity contribution in [1.29, 1.82) is 0 Å². The Balaban J connectivity index is 1.69. The van der Waals surface area contributed by atoms with Crippen LogP contribution in [-0.4, -0.2) is 19.1 Å². The third-order valence-electron chi connectivity index (χ3n) is 6.64. The minimum Gasteiger partial charge on any atom is -0.308 e. The number of para-hydroxylation sites is 1. The zero-order valence-electron chi connectivity index (χ0n) is 19.0. The lowest BCUT2D eigenvalue weighted by molar-refractivity contribution is 1.15. The first kappa shape index (κ1) is 19.1. The molecule has 7 rings (SSSR count). The van der Waals surface area contributed by atoms with Gasteiger partial charge in [-0.25, -0.2) is 4.98 Å². The molecule has 0 bridgehead atoms. The minimum atomic E-state index is 0.924. The fourth-order valence-electron chi connectivity index (χ4n) is 5.18. The molecule has 0 aliphatic heterocycles. The largest absolute Gasteiger partial charge is 0.308 e. The summed E-state index contributed by atoms with van der Waals surface area (Å²) in [7, 11) is 0. The number of rotatable bonds is 2. The Kier molecular flexibility index (Phi) is 3.94. The van der Waals surface area contributed by atoms with E-state index in [0.29, 0.717) is 0 Å². The normalized spacial score (nSPS) is 11.8. The number of aromatic nitrogens is 4. The zero-order valence-corrected chi connectivity index (χ0v) is 19.0. The Labute approximate surface area is 196 Å². The van der Waals surface area contributed by atoms with Gasteiger partial charge >= 0.3 is 0 Å². The predicted molar refractivity (Wildman–Crippen MR) is 140 cm³/mol. The van der Waals surface area contributed by atoms with E-state index >= 15 is 0 Å². The Hall–Kier alpha value is -4.44. The number of nitrogens with zero attached hydrogens (tertiary/aromatic N) is 4. The van der Waals surface area contributed by atoms with E-state index in [1.165, 1.54) is 11.1 Å². The molecule has 4 aromatic heterocycles. The quantitative estimate of drug-likeness (QED) is 0.284. The molecule has 0 aliphatic carbocycles. The van der Waals surface area contributed by atoms with Crippen LogP contribution in [0.3, 0.4) is 0 Å². The van der Waals surface area contributed by atoms with E-state index in [9.17, 15) is 0 Å². The minimum absolute atomic E-state index is 0.924. The van der Waals surface area contributed by atoms with Crippen LogP contribution in [-0.2, 0) is 0 Å². The maximum Gasteiger partial charge on any atom is 0.116 e. The van der Waals surface area contributed by atoms with Crippen LogP contribution in [0.1, 0.15) is 11.1 Å². The number of pyridine rings is 2. The second-order valence-corrected chi connectivity index (χ2v) is 8.96. The topological polar surface area (TPSA) is 35.6 Å². The van der Waals surface area contributed by atoms with E-state index in [4.69, 9.17) is 9.97 Å². The number of aryl methyl sites for hydroxylation is 2. The van der Waals surface area contributed by atoms with Crippen molar-refractivity contribution in [3.05, 3.63) is 108 Å². The SMILES string of the molecule is Cc1cccc(-n2c3ccccc3c3nc4c5ncccc5n(-c5cccc(C)c5)c4cc32)c1. The molecule has 0 aliphatic rings. The summed E-state index contributed by atoms with van der Waals surface area (Å²) in [6.45, 7) is 4.26. The highest BCUT2D eigenvalue weighted by molar-refractivity contribution is 6.14. The second-order valence-electron chi connectivity index (χ2n) is 8.96. The van der Waals surface area contributed by atoms with Gasteiger partial charge in [0.15, 0.2) is 0 Å². The Bertz CT molecular complexity index is 1750. The maximum absolute atomic E-state index is 5.27. The fourth-order valence-corrected chi connectivity index (χ4v) is 5.18. The molecule has 0 saturated carbocycles. The van der Waals surface area contributed by atoms with Crippen LogP contribution in [0.5, 0.6) is 0 Å². The molecule has 4 heterocycles. The van der Waals surface area contributed by atoms with Gasteiger partial charge in [-0.05, 0) is 73.5 Å². The Morgan fingerprint density at radius 3 is 1.91 bits per heavy atom. The van der Waals surface area contributed by atoms with Gasteiger partial charge in [0.25, 0.3) is 0 Å². The summed E-state index contributed by atoms with van der Waals surface area (Å²) in [6, 6.07) is 32.2. The van der Waals surface area contributed by atoms with Gasteiger partial charge in [-0.15, -0.1) is 0 Å². The lowest BCUT2D eigenvalue weighted by Crippen LogP contribution is -1.97. The van der Waals surface area contributed by atoms with E-state index in [0.717, 1.165) is 55.4 Å². The molecule has 0 spiro atoms. The summed E-state index contributed by atoms with van der Waals surface area (Å²) in [5, 5.41) is 1.15. The number of hydrogen-bond acceptors (Lipinski definition) is 2. The monoisotopic (exact) mass is 438 g/mol. The molecule has 0 radical (unpaired) electrons. The molecule has 0 unspecified atom stereocenters. The van der Waals surface area contributed by atoms with Crippen LogP contribution >= 0.6 is 0 Å². The van der Waals surface area contributed by atoms with Crippen molar-refractivity contribution < 1.29 is 0 Å². The highest BCUT2D eigenvalue weighted by atomic mass is 15.0. The number of benzene rings is 3. The maximum atomic E-state index is 5.27. The van der Waals surface area contributed by atoms with E-state index in [2.05, 4.69) is 108 Å². The van der Waals surface area contributed by atoms with Gasteiger partial charge in [-0.3, -0.25) is 4.98 Å². The van der Waals surface area contributed by atoms with Crippen LogP contribution in [0.15, 0.2) is 97.2 Å². The fraction of sp³-hybridized carbons (Fsp3) is 0.0667. The average molecular weight is 439 g/mol. The second kappa shape index (κ2) is 7.03. The van der Waals surface area contributed by atoms with Crippen molar-refractivity contribution in [2.24, 2.45) is 0 Å².